The zero-order valence-electron chi connectivity index (χ0n) is 14.9. The van der Waals surface area contributed by atoms with Crippen molar-refractivity contribution < 1.29 is 0 Å². The molecular weight excluding hydrogens is 284 g/mol. The van der Waals surface area contributed by atoms with Crippen LogP contribution >= 0.6 is 0 Å². The van der Waals surface area contributed by atoms with Crippen molar-refractivity contribution in [2.75, 3.05) is 27.7 Å². The van der Waals surface area contributed by atoms with Crippen LogP contribution in [0.25, 0.3) is 0 Å². The van der Waals surface area contributed by atoms with Gasteiger partial charge in [0.15, 0.2) is 0 Å². The molecule has 0 aromatic heterocycles. The Morgan fingerprint density at radius 3 is 2.43 bits per heavy atom. The second kappa shape index (κ2) is 6.38. The molecular formula is C19H30N4. The molecule has 1 saturated heterocycles. The van der Waals surface area contributed by atoms with Crippen molar-refractivity contribution in [2.24, 2.45) is 5.84 Å². The summed E-state index contributed by atoms with van der Waals surface area (Å²) in [5.41, 5.74) is 0.968. The number of hydrazine groups is 1. The Kier molecular flexibility index (Phi) is 4.87. The third-order valence-corrected chi connectivity index (χ3v) is 5.26. The Morgan fingerprint density at radius 1 is 1.35 bits per heavy atom. The quantitative estimate of drug-likeness (QED) is 0.492. The number of rotatable bonds is 4. The molecule has 1 heterocycles. The van der Waals surface area contributed by atoms with Crippen molar-refractivity contribution in [1.29, 1.82) is 0 Å². The summed E-state index contributed by atoms with van der Waals surface area (Å²) in [7, 11) is 6.30. The molecule has 2 rings (SSSR count). The lowest BCUT2D eigenvalue weighted by molar-refractivity contribution is 0.152. The zero-order valence-corrected chi connectivity index (χ0v) is 14.9. The predicted octanol–water partition coefficient (Wildman–Crippen LogP) is 2.66. The molecule has 0 radical (unpaired) electrons. The summed E-state index contributed by atoms with van der Waals surface area (Å²) >= 11 is 0. The minimum Gasteiger partial charge on any atom is -0.358 e. The van der Waals surface area contributed by atoms with E-state index in [4.69, 9.17) is 5.84 Å². The molecule has 0 saturated carbocycles. The normalized spacial score (nSPS) is 31.9. The lowest BCUT2D eigenvalue weighted by Crippen LogP contribution is -2.55. The van der Waals surface area contributed by atoms with Crippen molar-refractivity contribution in [1.82, 2.24) is 14.8 Å². The zero-order chi connectivity index (χ0) is 17.3. The molecule has 1 aliphatic heterocycles. The van der Waals surface area contributed by atoms with E-state index in [2.05, 4.69) is 67.4 Å². The smallest absolute Gasteiger partial charge is 0.111 e. The Hall–Kier alpha value is -1.78. The summed E-state index contributed by atoms with van der Waals surface area (Å²) < 4.78 is 0. The van der Waals surface area contributed by atoms with Crippen LogP contribution in [0.5, 0.6) is 0 Å². The van der Waals surface area contributed by atoms with Gasteiger partial charge in [-0.05, 0) is 39.4 Å². The Bertz CT molecular complexity index is 572. The van der Waals surface area contributed by atoms with Crippen LogP contribution < -0.4 is 5.84 Å². The van der Waals surface area contributed by atoms with E-state index >= 15 is 0 Å². The summed E-state index contributed by atoms with van der Waals surface area (Å²) in [5.74, 6) is 7.20. The van der Waals surface area contributed by atoms with E-state index in [1.54, 1.807) is 0 Å². The molecule has 126 valence electrons. The van der Waals surface area contributed by atoms with E-state index in [-0.39, 0.29) is 11.1 Å². The van der Waals surface area contributed by atoms with E-state index < -0.39 is 0 Å². The lowest BCUT2D eigenvalue weighted by Gasteiger charge is -2.46. The molecule has 2 aliphatic rings. The van der Waals surface area contributed by atoms with Crippen LogP contribution in [0.3, 0.4) is 0 Å². The molecule has 1 fully saturated rings. The SMILES string of the molecule is C=C/C=C(\C=C/C)C1(N(C)C)C=CC2(CC1)CN(C)C(=C)N2N. The third kappa shape index (κ3) is 2.77. The Labute approximate surface area is 140 Å². The number of nitrogens with zero attached hydrogens (tertiary/aromatic N) is 3. The van der Waals surface area contributed by atoms with Crippen molar-refractivity contribution in [3.05, 3.63) is 61.0 Å². The van der Waals surface area contributed by atoms with E-state index in [0.717, 1.165) is 25.2 Å². The van der Waals surface area contributed by atoms with Crippen molar-refractivity contribution >= 4 is 0 Å². The van der Waals surface area contributed by atoms with Crippen LogP contribution in [-0.4, -0.2) is 53.6 Å². The first kappa shape index (κ1) is 17.6. The first-order valence-electron chi connectivity index (χ1n) is 8.12. The van der Waals surface area contributed by atoms with E-state index in [1.807, 2.05) is 25.1 Å². The summed E-state index contributed by atoms with van der Waals surface area (Å²) in [5, 5.41) is 1.83. The maximum absolute atomic E-state index is 6.32. The maximum Gasteiger partial charge on any atom is 0.111 e. The van der Waals surface area contributed by atoms with Crippen molar-refractivity contribution in [2.45, 2.75) is 30.8 Å². The van der Waals surface area contributed by atoms with Crippen LogP contribution in [0.1, 0.15) is 19.8 Å². The first-order chi connectivity index (χ1) is 10.8. The molecule has 1 aliphatic carbocycles. The Balaban J connectivity index is 2.44. The summed E-state index contributed by atoms with van der Waals surface area (Å²) in [6.45, 7) is 10.9. The average Bonchev–Trinajstić information content (AvgIpc) is 2.72. The Morgan fingerprint density at radius 2 is 2.04 bits per heavy atom. The van der Waals surface area contributed by atoms with Gasteiger partial charge in [0, 0.05) is 13.6 Å². The van der Waals surface area contributed by atoms with Gasteiger partial charge in [-0.15, -0.1) is 0 Å². The van der Waals surface area contributed by atoms with Gasteiger partial charge in [-0.1, -0.05) is 49.6 Å². The standard InChI is InChI=1S/C19H30N4/c1-7-9-17(10-8-2)19(21(4)5)13-11-18(12-14-19)15-22(6)16(3)23(18)20/h7-11,13H,1,3,12,14-15,20H2,2,4-6H3/b10-8-,17-9+. The number of allylic oxidation sites excluding steroid dienone is 3. The molecule has 0 amide bonds. The van der Waals surface area contributed by atoms with E-state index in [0.29, 0.717) is 0 Å². The van der Waals surface area contributed by atoms with Crippen LogP contribution in [0.4, 0.5) is 0 Å². The summed E-state index contributed by atoms with van der Waals surface area (Å²) in [6.07, 6.45) is 14.8. The first-order valence-corrected chi connectivity index (χ1v) is 8.12. The highest BCUT2D eigenvalue weighted by Gasteiger charge is 2.48. The number of nitrogens with two attached hydrogens (primary N) is 1. The second-order valence-electron chi connectivity index (χ2n) is 6.76. The largest absolute Gasteiger partial charge is 0.358 e. The number of hydrogen-bond acceptors (Lipinski definition) is 4. The van der Waals surface area contributed by atoms with Crippen LogP contribution in [-0.2, 0) is 0 Å². The highest BCUT2D eigenvalue weighted by atomic mass is 15.6. The van der Waals surface area contributed by atoms with Gasteiger partial charge in [-0.3, -0.25) is 9.91 Å². The van der Waals surface area contributed by atoms with Crippen molar-refractivity contribution in [3.8, 4) is 0 Å². The third-order valence-electron chi connectivity index (χ3n) is 5.26. The van der Waals surface area contributed by atoms with Gasteiger partial charge in [0.25, 0.3) is 0 Å². The second-order valence-corrected chi connectivity index (χ2v) is 6.76. The molecule has 0 aromatic rings. The molecule has 2 unspecified atom stereocenters. The fourth-order valence-corrected chi connectivity index (χ4v) is 3.74. The van der Waals surface area contributed by atoms with Gasteiger partial charge < -0.3 is 4.90 Å². The number of likely N-dealkylation sites (N-methyl/N-ethyl adjacent to an activating group) is 2. The topological polar surface area (TPSA) is 35.7 Å². The van der Waals surface area contributed by atoms with Crippen LogP contribution in [0.15, 0.2) is 61.0 Å². The molecule has 0 bridgehead atoms. The monoisotopic (exact) mass is 314 g/mol. The molecule has 2 N–H and O–H groups in total. The van der Waals surface area contributed by atoms with Gasteiger partial charge in [0.1, 0.15) is 5.82 Å². The highest BCUT2D eigenvalue weighted by Crippen LogP contribution is 2.43. The van der Waals surface area contributed by atoms with Crippen LogP contribution in [0, 0.1) is 0 Å². The van der Waals surface area contributed by atoms with Crippen molar-refractivity contribution in [3.63, 3.8) is 0 Å². The van der Waals surface area contributed by atoms with Gasteiger partial charge in [0.05, 0.1) is 11.1 Å². The fourth-order valence-electron chi connectivity index (χ4n) is 3.74. The van der Waals surface area contributed by atoms with Gasteiger partial charge >= 0.3 is 0 Å². The molecule has 4 heteroatoms. The van der Waals surface area contributed by atoms with Gasteiger partial charge in [-0.2, -0.15) is 0 Å². The number of hydrogen-bond donors (Lipinski definition) is 1. The minimum atomic E-state index is -0.152. The maximum atomic E-state index is 6.32. The van der Waals surface area contributed by atoms with E-state index in [9.17, 15) is 0 Å². The molecule has 0 aromatic carbocycles. The average molecular weight is 314 g/mol. The van der Waals surface area contributed by atoms with Gasteiger partial charge in [0.2, 0.25) is 0 Å². The molecule has 4 nitrogen and oxygen atoms in total. The molecule has 1 spiro atoms. The molecule has 2 atom stereocenters. The van der Waals surface area contributed by atoms with Gasteiger partial charge in [-0.25, -0.2) is 5.84 Å². The lowest BCUT2D eigenvalue weighted by atomic mass is 9.73. The highest BCUT2D eigenvalue weighted by molar-refractivity contribution is 5.42. The van der Waals surface area contributed by atoms with Crippen LogP contribution in [0.2, 0.25) is 0 Å². The minimum absolute atomic E-state index is 0.130. The molecule has 23 heavy (non-hydrogen) atoms. The summed E-state index contributed by atoms with van der Waals surface area (Å²) in [6, 6.07) is 0. The fraction of sp³-hybridized carbons (Fsp3) is 0.474. The summed E-state index contributed by atoms with van der Waals surface area (Å²) in [4.78, 5) is 4.40. The predicted molar refractivity (Wildman–Crippen MR) is 98.4 cm³/mol. The van der Waals surface area contributed by atoms with E-state index in [1.165, 1.54) is 5.57 Å².